The quantitative estimate of drug-likeness (QED) is 0.532. The van der Waals surface area contributed by atoms with Gasteiger partial charge in [-0.05, 0) is 25.7 Å². The summed E-state index contributed by atoms with van der Waals surface area (Å²) in [6.45, 7) is 0. The van der Waals surface area contributed by atoms with Crippen molar-refractivity contribution >= 4 is 29.7 Å². The summed E-state index contributed by atoms with van der Waals surface area (Å²) >= 11 is 0. The molecular formula is C17H16N2O7. The molecule has 0 spiro atoms. The fourth-order valence-electron chi connectivity index (χ4n) is 5.90. The third-order valence-electron chi connectivity index (χ3n) is 6.95. The predicted octanol–water partition coefficient (Wildman–Crippen LogP) is -0.569. The lowest BCUT2D eigenvalue weighted by Gasteiger charge is -2.21. The molecule has 6 saturated heterocycles. The van der Waals surface area contributed by atoms with E-state index in [-0.39, 0.29) is 24.4 Å². The minimum absolute atomic E-state index is 0.354. The molecule has 136 valence electrons. The van der Waals surface area contributed by atoms with Gasteiger partial charge in [0.15, 0.2) is 0 Å². The molecule has 0 N–H and O–H groups in total. The Hall–Kier alpha value is -2.13. The number of hydrogen-bond acceptors (Lipinski definition) is 7. The van der Waals surface area contributed by atoms with E-state index in [1.807, 2.05) is 0 Å². The number of hydrogen-bond donors (Lipinski definition) is 0. The molecular weight excluding hydrogens is 344 g/mol. The van der Waals surface area contributed by atoms with Gasteiger partial charge in [0.25, 0.3) is 0 Å². The molecule has 0 saturated carbocycles. The Morgan fingerprint density at radius 1 is 0.615 bits per heavy atom. The fraction of sp³-hybridized carbons (Fsp3) is 0.706. The Labute approximate surface area is 147 Å². The number of imide groups is 6. The summed E-state index contributed by atoms with van der Waals surface area (Å²) in [4.78, 5) is 64.8. The highest BCUT2D eigenvalue weighted by Gasteiger charge is 2.68. The SMILES string of the molecule is O=C1C2C3CCC(O3)C2C(=O)N1C(=O)N1C(=O)C2C3CCC(O3)C2C1=O. The molecule has 0 aromatic rings. The van der Waals surface area contributed by atoms with Crippen molar-refractivity contribution in [1.29, 1.82) is 0 Å². The Kier molecular flexibility index (Phi) is 2.64. The molecule has 8 unspecified atom stereocenters. The van der Waals surface area contributed by atoms with Crippen LogP contribution in [0, 0.1) is 23.7 Å². The first-order valence-electron chi connectivity index (χ1n) is 9.09. The molecule has 0 aromatic carbocycles. The van der Waals surface area contributed by atoms with Gasteiger partial charge in [-0.2, -0.15) is 9.80 Å². The van der Waals surface area contributed by atoms with Crippen LogP contribution in [0.25, 0.3) is 0 Å². The Bertz CT molecular complexity index is 689. The number of nitrogens with zero attached hydrogens (tertiary/aromatic N) is 2. The lowest BCUT2D eigenvalue weighted by Crippen LogP contribution is -2.51. The number of likely N-dealkylation sites (tertiary alicyclic amines) is 2. The van der Waals surface area contributed by atoms with E-state index in [1.165, 1.54) is 0 Å². The van der Waals surface area contributed by atoms with Crippen molar-refractivity contribution in [3.05, 3.63) is 0 Å². The van der Waals surface area contributed by atoms with Crippen molar-refractivity contribution in [2.24, 2.45) is 23.7 Å². The van der Waals surface area contributed by atoms with Gasteiger partial charge in [0.2, 0.25) is 23.6 Å². The average Bonchev–Trinajstić information content (AvgIpc) is 3.41. The predicted molar refractivity (Wildman–Crippen MR) is 78.9 cm³/mol. The summed E-state index contributed by atoms with van der Waals surface area (Å²) < 4.78 is 11.3. The van der Waals surface area contributed by atoms with Crippen molar-refractivity contribution in [3.63, 3.8) is 0 Å². The Morgan fingerprint density at radius 3 is 1.15 bits per heavy atom. The molecule has 6 aliphatic rings. The smallest absolute Gasteiger partial charge is 0.347 e. The molecule has 0 aliphatic carbocycles. The van der Waals surface area contributed by atoms with Crippen LogP contribution in [-0.4, -0.2) is 63.9 Å². The highest BCUT2D eigenvalue weighted by molar-refractivity contribution is 6.25. The van der Waals surface area contributed by atoms with E-state index in [1.54, 1.807) is 0 Å². The lowest BCUT2D eigenvalue weighted by atomic mass is 9.81. The molecule has 4 bridgehead atoms. The number of rotatable bonds is 0. The molecule has 6 fully saturated rings. The van der Waals surface area contributed by atoms with Gasteiger partial charge in [-0.3, -0.25) is 19.2 Å². The molecule has 6 aliphatic heterocycles. The van der Waals surface area contributed by atoms with E-state index >= 15 is 0 Å². The number of carbonyl (C=O) groups is 5. The van der Waals surface area contributed by atoms with Crippen LogP contribution in [0.3, 0.4) is 0 Å². The Morgan fingerprint density at radius 2 is 0.885 bits per heavy atom. The number of carbonyl (C=O) groups excluding carboxylic acids is 5. The lowest BCUT2D eigenvalue weighted by molar-refractivity contribution is -0.142. The second-order valence-electron chi connectivity index (χ2n) is 7.99. The molecule has 0 radical (unpaired) electrons. The van der Waals surface area contributed by atoms with Crippen molar-refractivity contribution < 1.29 is 33.4 Å². The Balaban J connectivity index is 1.33. The second-order valence-corrected chi connectivity index (χ2v) is 7.99. The van der Waals surface area contributed by atoms with Crippen LogP contribution in [0.15, 0.2) is 0 Å². The van der Waals surface area contributed by atoms with E-state index < -0.39 is 53.3 Å². The van der Waals surface area contributed by atoms with Gasteiger partial charge in [-0.1, -0.05) is 0 Å². The molecule has 6 amide bonds. The van der Waals surface area contributed by atoms with Crippen LogP contribution in [-0.2, 0) is 28.7 Å². The van der Waals surface area contributed by atoms with E-state index in [4.69, 9.17) is 9.47 Å². The molecule has 9 heteroatoms. The summed E-state index contributed by atoms with van der Waals surface area (Å²) in [6.07, 6.45) is 1.30. The van der Waals surface area contributed by atoms with Gasteiger partial charge < -0.3 is 9.47 Å². The van der Waals surface area contributed by atoms with Crippen molar-refractivity contribution in [1.82, 2.24) is 9.80 Å². The summed E-state index contributed by atoms with van der Waals surface area (Å²) in [5, 5.41) is 0. The maximum absolute atomic E-state index is 12.9. The second kappa shape index (κ2) is 4.58. The highest BCUT2D eigenvalue weighted by atomic mass is 16.5. The minimum atomic E-state index is -1.11. The molecule has 0 aromatic heterocycles. The molecule has 6 heterocycles. The van der Waals surface area contributed by atoms with Crippen LogP contribution in [0.1, 0.15) is 25.7 Å². The number of urea groups is 1. The summed E-state index contributed by atoms with van der Waals surface area (Å²) in [6, 6.07) is -1.11. The van der Waals surface area contributed by atoms with Crippen LogP contribution in [0.2, 0.25) is 0 Å². The normalized spacial score (nSPS) is 48.2. The topological polar surface area (TPSA) is 110 Å². The van der Waals surface area contributed by atoms with Gasteiger partial charge in [-0.15, -0.1) is 0 Å². The molecule has 6 rings (SSSR count). The largest absolute Gasteiger partial charge is 0.373 e. The third kappa shape index (κ3) is 1.49. The average molecular weight is 360 g/mol. The zero-order valence-electron chi connectivity index (χ0n) is 13.7. The van der Waals surface area contributed by atoms with Crippen molar-refractivity contribution in [2.75, 3.05) is 0 Å². The van der Waals surface area contributed by atoms with Gasteiger partial charge in [0, 0.05) is 0 Å². The van der Waals surface area contributed by atoms with Crippen molar-refractivity contribution in [3.8, 4) is 0 Å². The van der Waals surface area contributed by atoms with E-state index in [2.05, 4.69) is 0 Å². The first-order valence-corrected chi connectivity index (χ1v) is 9.09. The fourth-order valence-corrected chi connectivity index (χ4v) is 5.90. The first kappa shape index (κ1) is 15.0. The van der Waals surface area contributed by atoms with Gasteiger partial charge in [0.05, 0.1) is 48.1 Å². The van der Waals surface area contributed by atoms with Crippen LogP contribution in [0.5, 0.6) is 0 Å². The van der Waals surface area contributed by atoms with Crippen molar-refractivity contribution in [2.45, 2.75) is 50.1 Å². The maximum Gasteiger partial charge on any atom is 0.347 e. The van der Waals surface area contributed by atoms with Gasteiger partial charge >= 0.3 is 6.03 Å². The van der Waals surface area contributed by atoms with E-state index in [9.17, 15) is 24.0 Å². The molecule has 9 nitrogen and oxygen atoms in total. The zero-order valence-corrected chi connectivity index (χ0v) is 13.7. The van der Waals surface area contributed by atoms with E-state index in [0.29, 0.717) is 35.5 Å². The highest BCUT2D eigenvalue weighted by Crippen LogP contribution is 2.51. The first-order chi connectivity index (χ1) is 12.5. The number of ether oxygens (including phenoxy) is 2. The van der Waals surface area contributed by atoms with Crippen LogP contribution < -0.4 is 0 Å². The summed E-state index contributed by atoms with van der Waals surface area (Å²) in [7, 11) is 0. The van der Waals surface area contributed by atoms with E-state index in [0.717, 1.165) is 0 Å². The van der Waals surface area contributed by atoms with Crippen LogP contribution in [0.4, 0.5) is 4.79 Å². The molecule has 8 atom stereocenters. The van der Waals surface area contributed by atoms with Crippen LogP contribution >= 0.6 is 0 Å². The maximum atomic E-state index is 12.9. The van der Waals surface area contributed by atoms with Gasteiger partial charge in [-0.25, -0.2) is 4.79 Å². The third-order valence-corrected chi connectivity index (χ3v) is 6.95. The number of amides is 6. The summed E-state index contributed by atoms with van der Waals surface area (Å²) in [5.41, 5.74) is 0. The van der Waals surface area contributed by atoms with Gasteiger partial charge in [0.1, 0.15) is 0 Å². The summed E-state index contributed by atoms with van der Waals surface area (Å²) in [5.74, 6) is -5.26. The standard InChI is InChI=1S/C17H16N2O7/c20-13-9-5-1-2-6(25-5)10(9)14(21)18(13)17(24)19-15(22)11-7-3-4-8(26-7)12(11)16(19)23/h5-12H,1-4H2. The number of fused-ring (bicyclic) bond motifs is 10. The molecule has 26 heavy (non-hydrogen) atoms. The minimum Gasteiger partial charge on any atom is -0.373 e. The monoisotopic (exact) mass is 360 g/mol. The zero-order chi connectivity index (χ0) is 17.9.